The predicted octanol–water partition coefficient (Wildman–Crippen LogP) is 3.07. The van der Waals surface area contributed by atoms with Gasteiger partial charge in [-0.25, -0.2) is 9.78 Å². The minimum Gasteiger partial charge on any atom is -0.313 e. The Labute approximate surface area is 116 Å². The van der Waals surface area contributed by atoms with Gasteiger partial charge in [0.1, 0.15) is 0 Å². The van der Waals surface area contributed by atoms with Crippen molar-refractivity contribution in [2.45, 2.75) is 13.0 Å². The van der Waals surface area contributed by atoms with Crippen LogP contribution < -0.4 is 16.0 Å². The number of hydrogen-bond acceptors (Lipinski definition) is 4. The Morgan fingerprint density at radius 1 is 1.37 bits per heavy atom. The minimum absolute atomic E-state index is 0.240. The zero-order valence-corrected chi connectivity index (χ0v) is 11.6. The number of nitrogens with zero attached hydrogens (tertiary/aromatic N) is 1. The summed E-state index contributed by atoms with van der Waals surface area (Å²) in [5.74, 6) is 0. The molecule has 0 saturated carbocycles. The molecule has 1 aromatic carbocycles. The topological polar surface area (TPSA) is 66.0 Å². The number of hydrogen-bond donors (Lipinski definition) is 3. The SMILES string of the molecule is CNC(C)c1cccc(NC(=O)Nc2nccs2)c1. The van der Waals surface area contributed by atoms with Crippen molar-refractivity contribution in [3.05, 3.63) is 41.4 Å². The molecule has 0 radical (unpaired) electrons. The van der Waals surface area contributed by atoms with E-state index in [1.807, 2.05) is 36.7 Å². The molecule has 0 aliphatic rings. The second-order valence-corrected chi connectivity index (χ2v) is 4.95. The summed E-state index contributed by atoms with van der Waals surface area (Å²) in [5, 5.41) is 11.0. The zero-order chi connectivity index (χ0) is 13.7. The van der Waals surface area contributed by atoms with Crippen LogP contribution in [0.5, 0.6) is 0 Å². The molecule has 1 aromatic heterocycles. The second kappa shape index (κ2) is 6.31. The summed E-state index contributed by atoms with van der Waals surface area (Å²) in [6.07, 6.45) is 1.65. The normalized spacial score (nSPS) is 11.9. The number of carbonyl (C=O) groups excluding carboxylic acids is 1. The highest BCUT2D eigenvalue weighted by Gasteiger charge is 2.06. The van der Waals surface area contributed by atoms with E-state index in [0.717, 1.165) is 11.3 Å². The van der Waals surface area contributed by atoms with Crippen molar-refractivity contribution in [1.82, 2.24) is 10.3 Å². The van der Waals surface area contributed by atoms with Gasteiger partial charge in [0, 0.05) is 23.3 Å². The summed E-state index contributed by atoms with van der Waals surface area (Å²) in [6, 6.07) is 7.69. The van der Waals surface area contributed by atoms with Gasteiger partial charge in [0.25, 0.3) is 0 Å². The van der Waals surface area contributed by atoms with Crippen molar-refractivity contribution in [3.63, 3.8) is 0 Å². The lowest BCUT2D eigenvalue weighted by Crippen LogP contribution is -2.19. The van der Waals surface area contributed by atoms with E-state index in [1.165, 1.54) is 11.3 Å². The Morgan fingerprint density at radius 3 is 2.89 bits per heavy atom. The smallest absolute Gasteiger partial charge is 0.313 e. The monoisotopic (exact) mass is 276 g/mol. The Morgan fingerprint density at radius 2 is 2.21 bits per heavy atom. The first-order chi connectivity index (χ1) is 9.19. The third-order valence-corrected chi connectivity index (χ3v) is 3.42. The molecule has 0 aliphatic heterocycles. The van der Waals surface area contributed by atoms with Crippen molar-refractivity contribution >= 4 is 28.2 Å². The highest BCUT2D eigenvalue weighted by molar-refractivity contribution is 7.13. The lowest BCUT2D eigenvalue weighted by molar-refractivity contribution is 0.262. The zero-order valence-electron chi connectivity index (χ0n) is 10.8. The molecule has 0 saturated heterocycles. The van der Waals surface area contributed by atoms with Crippen LogP contribution in [0, 0.1) is 0 Å². The van der Waals surface area contributed by atoms with E-state index in [1.54, 1.807) is 6.20 Å². The number of urea groups is 1. The van der Waals surface area contributed by atoms with Crippen LogP contribution in [0.1, 0.15) is 18.5 Å². The molecule has 1 heterocycles. The van der Waals surface area contributed by atoms with Crippen molar-refractivity contribution in [2.75, 3.05) is 17.7 Å². The van der Waals surface area contributed by atoms with E-state index in [4.69, 9.17) is 0 Å². The van der Waals surface area contributed by atoms with Crippen LogP contribution >= 0.6 is 11.3 Å². The molecule has 5 nitrogen and oxygen atoms in total. The summed E-state index contributed by atoms with van der Waals surface area (Å²) in [7, 11) is 1.90. The van der Waals surface area contributed by atoms with Gasteiger partial charge in [0.05, 0.1) is 0 Å². The van der Waals surface area contributed by atoms with Crippen LogP contribution in [-0.2, 0) is 0 Å². The number of nitrogens with one attached hydrogen (secondary N) is 3. The van der Waals surface area contributed by atoms with E-state index in [0.29, 0.717) is 5.13 Å². The number of benzene rings is 1. The first-order valence-corrected chi connectivity index (χ1v) is 6.81. The molecule has 2 rings (SSSR count). The van der Waals surface area contributed by atoms with E-state index in [9.17, 15) is 4.79 Å². The summed E-state index contributed by atoms with van der Waals surface area (Å²) in [6.45, 7) is 2.06. The maximum absolute atomic E-state index is 11.8. The molecular formula is C13H16N4OS. The number of thiazole rings is 1. The highest BCUT2D eigenvalue weighted by Crippen LogP contribution is 2.17. The molecule has 0 aliphatic carbocycles. The lowest BCUT2D eigenvalue weighted by atomic mass is 10.1. The maximum Gasteiger partial charge on any atom is 0.325 e. The first-order valence-electron chi connectivity index (χ1n) is 5.94. The lowest BCUT2D eigenvalue weighted by Gasteiger charge is -2.12. The van der Waals surface area contributed by atoms with Crippen molar-refractivity contribution < 1.29 is 4.79 Å². The number of aromatic nitrogens is 1. The summed E-state index contributed by atoms with van der Waals surface area (Å²) < 4.78 is 0. The van der Waals surface area contributed by atoms with Gasteiger partial charge >= 0.3 is 6.03 Å². The molecule has 2 aromatic rings. The Bertz CT molecular complexity index is 541. The predicted molar refractivity (Wildman–Crippen MR) is 78.7 cm³/mol. The summed E-state index contributed by atoms with van der Waals surface area (Å²) in [5.41, 5.74) is 1.88. The van der Waals surface area contributed by atoms with Gasteiger partial charge < -0.3 is 10.6 Å². The fourth-order valence-electron chi connectivity index (χ4n) is 1.60. The maximum atomic E-state index is 11.8. The molecule has 0 spiro atoms. The van der Waals surface area contributed by atoms with Gasteiger partial charge in [0.2, 0.25) is 0 Å². The fraction of sp³-hybridized carbons (Fsp3) is 0.231. The molecule has 6 heteroatoms. The van der Waals surface area contributed by atoms with Gasteiger partial charge in [-0.15, -0.1) is 11.3 Å². The molecule has 19 heavy (non-hydrogen) atoms. The van der Waals surface area contributed by atoms with E-state index >= 15 is 0 Å². The first kappa shape index (κ1) is 13.5. The van der Waals surface area contributed by atoms with Gasteiger partial charge in [-0.1, -0.05) is 12.1 Å². The van der Waals surface area contributed by atoms with Crippen molar-refractivity contribution in [3.8, 4) is 0 Å². The fourth-order valence-corrected chi connectivity index (χ4v) is 2.12. The van der Waals surface area contributed by atoms with E-state index < -0.39 is 0 Å². The Balaban J connectivity index is 2.00. The second-order valence-electron chi connectivity index (χ2n) is 4.05. The van der Waals surface area contributed by atoms with Gasteiger partial charge in [-0.05, 0) is 31.7 Å². The average molecular weight is 276 g/mol. The summed E-state index contributed by atoms with van der Waals surface area (Å²) in [4.78, 5) is 15.8. The highest BCUT2D eigenvalue weighted by atomic mass is 32.1. The minimum atomic E-state index is -0.288. The number of carbonyl (C=O) groups is 1. The largest absolute Gasteiger partial charge is 0.325 e. The number of amides is 2. The van der Waals surface area contributed by atoms with Crippen molar-refractivity contribution in [1.29, 1.82) is 0 Å². The van der Waals surface area contributed by atoms with Crippen molar-refractivity contribution in [2.24, 2.45) is 0 Å². The molecule has 3 N–H and O–H groups in total. The van der Waals surface area contributed by atoms with Crippen LogP contribution in [0.3, 0.4) is 0 Å². The van der Waals surface area contributed by atoms with Crippen LogP contribution in [-0.4, -0.2) is 18.1 Å². The number of anilines is 2. The molecule has 0 fully saturated rings. The standard InChI is InChI=1S/C13H16N4OS/c1-9(14-2)10-4-3-5-11(8-10)16-12(18)17-13-15-6-7-19-13/h3-9,14H,1-2H3,(H2,15,16,17,18). The molecule has 1 atom stereocenters. The van der Waals surface area contributed by atoms with Crippen LogP contribution in [0.2, 0.25) is 0 Å². The quantitative estimate of drug-likeness (QED) is 0.804. The third-order valence-electron chi connectivity index (χ3n) is 2.73. The third kappa shape index (κ3) is 3.77. The summed E-state index contributed by atoms with van der Waals surface area (Å²) >= 11 is 1.38. The van der Waals surface area contributed by atoms with Crippen LogP contribution in [0.15, 0.2) is 35.8 Å². The molecule has 100 valence electrons. The molecular weight excluding hydrogens is 260 g/mol. The average Bonchev–Trinajstić information content (AvgIpc) is 2.90. The number of rotatable bonds is 4. The van der Waals surface area contributed by atoms with E-state index in [2.05, 4.69) is 27.9 Å². The molecule has 2 amide bonds. The Hall–Kier alpha value is -1.92. The van der Waals surface area contributed by atoms with Gasteiger partial charge in [0.15, 0.2) is 5.13 Å². The molecule has 0 bridgehead atoms. The van der Waals surface area contributed by atoms with Gasteiger partial charge in [-0.2, -0.15) is 0 Å². The van der Waals surface area contributed by atoms with Gasteiger partial charge in [-0.3, -0.25) is 5.32 Å². The Kier molecular flexibility index (Phi) is 4.48. The van der Waals surface area contributed by atoms with E-state index in [-0.39, 0.29) is 12.1 Å². The van der Waals surface area contributed by atoms with Crippen LogP contribution in [0.4, 0.5) is 15.6 Å². The molecule has 1 unspecified atom stereocenters. The van der Waals surface area contributed by atoms with Crippen LogP contribution in [0.25, 0.3) is 0 Å².